The average Bonchev–Trinajstić information content (AvgIpc) is 2.85. The van der Waals surface area contributed by atoms with Gasteiger partial charge in [-0.3, -0.25) is 9.69 Å². The van der Waals surface area contributed by atoms with Crippen LogP contribution < -0.4 is 11.3 Å². The number of H-pyrrole nitrogens is 1. The molecular weight excluding hydrogens is 244 g/mol. The van der Waals surface area contributed by atoms with Crippen molar-refractivity contribution < 1.29 is 4.74 Å². The zero-order valence-electron chi connectivity index (χ0n) is 11.2. The Balaban J connectivity index is 1.84. The summed E-state index contributed by atoms with van der Waals surface area (Å²) < 4.78 is 5.83. The highest BCUT2D eigenvalue weighted by molar-refractivity contribution is 5.37. The van der Waals surface area contributed by atoms with Crippen molar-refractivity contribution in [1.29, 1.82) is 0 Å². The van der Waals surface area contributed by atoms with E-state index in [1.807, 2.05) is 6.92 Å². The van der Waals surface area contributed by atoms with E-state index < -0.39 is 0 Å². The first kappa shape index (κ1) is 12.6. The SMILES string of the molecule is CCc1c(N)nc(C2CN3CCCC3CO2)[nH]c1=O. The minimum Gasteiger partial charge on any atom is -0.383 e. The van der Waals surface area contributed by atoms with Gasteiger partial charge in [-0.1, -0.05) is 6.92 Å². The number of hydrogen-bond donors (Lipinski definition) is 2. The number of nitrogen functional groups attached to an aromatic ring is 1. The Bertz CT molecular complexity index is 528. The highest BCUT2D eigenvalue weighted by Gasteiger charge is 2.34. The molecule has 0 amide bonds. The lowest BCUT2D eigenvalue weighted by molar-refractivity contribution is -0.0541. The molecule has 6 nitrogen and oxygen atoms in total. The van der Waals surface area contributed by atoms with Crippen LogP contribution in [-0.4, -0.2) is 40.6 Å². The molecule has 6 heteroatoms. The molecule has 0 aliphatic carbocycles. The third kappa shape index (κ3) is 2.26. The lowest BCUT2D eigenvalue weighted by atomic mass is 10.1. The first-order chi connectivity index (χ1) is 9.19. The van der Waals surface area contributed by atoms with Crippen molar-refractivity contribution in [3.8, 4) is 0 Å². The molecule has 0 radical (unpaired) electrons. The van der Waals surface area contributed by atoms with Crippen molar-refractivity contribution in [2.75, 3.05) is 25.4 Å². The number of nitrogens with one attached hydrogen (secondary N) is 1. The number of nitrogens with zero attached hydrogens (tertiary/aromatic N) is 2. The third-order valence-corrected chi connectivity index (χ3v) is 4.11. The van der Waals surface area contributed by atoms with Crippen molar-refractivity contribution in [2.24, 2.45) is 0 Å². The third-order valence-electron chi connectivity index (χ3n) is 4.11. The molecule has 2 atom stereocenters. The van der Waals surface area contributed by atoms with E-state index in [9.17, 15) is 4.79 Å². The standard InChI is InChI=1S/C13H20N4O2/c1-2-9-11(14)15-12(16-13(9)18)10-6-17-5-3-4-8(17)7-19-10/h8,10H,2-7H2,1H3,(H3,14,15,16,18). The molecule has 2 saturated heterocycles. The minimum atomic E-state index is -0.171. The highest BCUT2D eigenvalue weighted by atomic mass is 16.5. The van der Waals surface area contributed by atoms with E-state index in [0.717, 1.165) is 13.1 Å². The van der Waals surface area contributed by atoms with Crippen LogP contribution >= 0.6 is 0 Å². The molecule has 0 saturated carbocycles. The first-order valence-corrected chi connectivity index (χ1v) is 6.93. The molecule has 2 aliphatic heterocycles. The summed E-state index contributed by atoms with van der Waals surface area (Å²) in [6.07, 6.45) is 2.85. The minimum absolute atomic E-state index is 0.142. The summed E-state index contributed by atoms with van der Waals surface area (Å²) in [5, 5.41) is 0. The quantitative estimate of drug-likeness (QED) is 0.810. The Kier molecular flexibility index (Phi) is 3.28. The number of fused-ring (bicyclic) bond motifs is 1. The Morgan fingerprint density at radius 3 is 3.16 bits per heavy atom. The van der Waals surface area contributed by atoms with Crippen LogP contribution in [0.4, 0.5) is 5.82 Å². The molecule has 0 spiro atoms. The molecule has 104 valence electrons. The zero-order chi connectivity index (χ0) is 13.4. The fourth-order valence-corrected chi connectivity index (χ4v) is 3.01. The van der Waals surface area contributed by atoms with Crippen LogP contribution in [-0.2, 0) is 11.2 Å². The lowest BCUT2D eigenvalue weighted by Gasteiger charge is -2.34. The van der Waals surface area contributed by atoms with Crippen molar-refractivity contribution in [3.63, 3.8) is 0 Å². The fraction of sp³-hybridized carbons (Fsp3) is 0.692. The van der Waals surface area contributed by atoms with Gasteiger partial charge in [-0.25, -0.2) is 4.98 Å². The second kappa shape index (κ2) is 4.94. The van der Waals surface area contributed by atoms with Crippen LogP contribution in [0.1, 0.15) is 37.3 Å². The van der Waals surface area contributed by atoms with Crippen LogP contribution in [0.15, 0.2) is 4.79 Å². The van der Waals surface area contributed by atoms with Gasteiger partial charge in [0.1, 0.15) is 17.7 Å². The summed E-state index contributed by atoms with van der Waals surface area (Å²) >= 11 is 0. The molecule has 3 heterocycles. The number of rotatable bonds is 2. The van der Waals surface area contributed by atoms with Crippen molar-refractivity contribution >= 4 is 5.82 Å². The maximum Gasteiger partial charge on any atom is 0.256 e. The monoisotopic (exact) mass is 264 g/mol. The van der Waals surface area contributed by atoms with Gasteiger partial charge in [0.2, 0.25) is 0 Å². The van der Waals surface area contributed by atoms with Gasteiger partial charge in [0.15, 0.2) is 0 Å². The number of aromatic amines is 1. The predicted molar refractivity (Wildman–Crippen MR) is 71.9 cm³/mol. The fourth-order valence-electron chi connectivity index (χ4n) is 3.01. The molecule has 0 bridgehead atoms. The van der Waals surface area contributed by atoms with E-state index in [0.29, 0.717) is 36.3 Å². The molecule has 2 fully saturated rings. The van der Waals surface area contributed by atoms with E-state index in [4.69, 9.17) is 10.5 Å². The molecule has 2 unspecified atom stereocenters. The number of nitrogens with two attached hydrogens (primary N) is 1. The van der Waals surface area contributed by atoms with Crippen LogP contribution in [0.2, 0.25) is 0 Å². The van der Waals surface area contributed by atoms with Gasteiger partial charge in [0.05, 0.1) is 12.2 Å². The van der Waals surface area contributed by atoms with Gasteiger partial charge in [-0.15, -0.1) is 0 Å². The Morgan fingerprint density at radius 1 is 1.58 bits per heavy atom. The second-order valence-corrected chi connectivity index (χ2v) is 5.28. The molecule has 3 N–H and O–H groups in total. The second-order valence-electron chi connectivity index (χ2n) is 5.28. The van der Waals surface area contributed by atoms with Crippen LogP contribution in [0.5, 0.6) is 0 Å². The summed E-state index contributed by atoms with van der Waals surface area (Å²) in [5.74, 6) is 0.887. The van der Waals surface area contributed by atoms with E-state index in [2.05, 4.69) is 14.9 Å². The Morgan fingerprint density at radius 2 is 2.42 bits per heavy atom. The number of ether oxygens (including phenoxy) is 1. The number of morpholine rings is 1. The lowest BCUT2D eigenvalue weighted by Crippen LogP contribution is -2.43. The van der Waals surface area contributed by atoms with Gasteiger partial charge >= 0.3 is 0 Å². The normalized spacial score (nSPS) is 27.4. The Labute approximate surface area is 112 Å². The summed E-state index contributed by atoms with van der Waals surface area (Å²) in [6.45, 7) is 4.51. The van der Waals surface area contributed by atoms with Crippen molar-refractivity contribution in [3.05, 3.63) is 21.7 Å². The topological polar surface area (TPSA) is 84.2 Å². The summed E-state index contributed by atoms with van der Waals surface area (Å²) in [5.41, 5.74) is 6.26. The molecular formula is C13H20N4O2. The van der Waals surface area contributed by atoms with Gasteiger partial charge in [0, 0.05) is 12.6 Å². The van der Waals surface area contributed by atoms with E-state index in [-0.39, 0.29) is 11.7 Å². The summed E-state index contributed by atoms with van der Waals surface area (Å²) in [6, 6.07) is 0.537. The Hall–Kier alpha value is -1.40. The van der Waals surface area contributed by atoms with Crippen LogP contribution in [0.3, 0.4) is 0 Å². The van der Waals surface area contributed by atoms with Crippen molar-refractivity contribution in [1.82, 2.24) is 14.9 Å². The molecule has 2 aliphatic rings. The van der Waals surface area contributed by atoms with E-state index >= 15 is 0 Å². The first-order valence-electron chi connectivity index (χ1n) is 6.93. The summed E-state index contributed by atoms with van der Waals surface area (Å²) in [7, 11) is 0. The molecule has 3 rings (SSSR count). The smallest absolute Gasteiger partial charge is 0.256 e. The predicted octanol–water partition coefficient (Wildman–Crippen LogP) is 0.450. The van der Waals surface area contributed by atoms with Crippen molar-refractivity contribution in [2.45, 2.75) is 38.3 Å². The molecule has 19 heavy (non-hydrogen) atoms. The maximum atomic E-state index is 11.9. The van der Waals surface area contributed by atoms with E-state index in [1.54, 1.807) is 0 Å². The maximum absolute atomic E-state index is 11.9. The number of aromatic nitrogens is 2. The molecule has 1 aromatic heterocycles. The van der Waals surface area contributed by atoms with Gasteiger partial charge in [-0.2, -0.15) is 0 Å². The molecule has 1 aromatic rings. The van der Waals surface area contributed by atoms with Gasteiger partial charge < -0.3 is 15.5 Å². The largest absolute Gasteiger partial charge is 0.383 e. The zero-order valence-corrected chi connectivity index (χ0v) is 11.2. The van der Waals surface area contributed by atoms with E-state index in [1.165, 1.54) is 12.8 Å². The average molecular weight is 264 g/mol. The number of anilines is 1. The van der Waals surface area contributed by atoms with Crippen LogP contribution in [0.25, 0.3) is 0 Å². The van der Waals surface area contributed by atoms with Gasteiger partial charge in [0.25, 0.3) is 5.56 Å². The number of hydrogen-bond acceptors (Lipinski definition) is 5. The van der Waals surface area contributed by atoms with Gasteiger partial charge in [-0.05, 0) is 25.8 Å². The summed E-state index contributed by atoms with van der Waals surface area (Å²) in [4.78, 5) is 21.5. The highest BCUT2D eigenvalue weighted by Crippen LogP contribution is 2.28. The molecule has 0 aromatic carbocycles. The van der Waals surface area contributed by atoms with Crippen LogP contribution in [0, 0.1) is 0 Å².